The number of aryl methyl sites for hydroxylation is 1. The predicted octanol–water partition coefficient (Wildman–Crippen LogP) is 3.89. The Labute approximate surface area is 176 Å². The number of pyridine rings is 1. The third kappa shape index (κ3) is 4.76. The van der Waals surface area contributed by atoms with Gasteiger partial charge in [0, 0.05) is 37.8 Å². The standard InChI is InChI=1S/C24H25N5O/c25-17-21-8-2-4-10-23(21)27-24(30)29-14-12-28(13-15-29)11-5-6-19-16-20-7-1-3-9-22(20)26-18-19/h1-4,7-10,16,18H,5-6,11-15H2,(H,27,30). The first-order chi connectivity index (χ1) is 14.7. The summed E-state index contributed by atoms with van der Waals surface area (Å²) in [6.07, 6.45) is 4.05. The summed E-state index contributed by atoms with van der Waals surface area (Å²) in [5.74, 6) is 0. The largest absolute Gasteiger partial charge is 0.322 e. The average Bonchev–Trinajstić information content (AvgIpc) is 2.80. The highest BCUT2D eigenvalue weighted by Gasteiger charge is 2.21. The molecule has 1 N–H and O–H groups in total. The van der Waals surface area contributed by atoms with Crippen LogP contribution in [0.2, 0.25) is 0 Å². The van der Waals surface area contributed by atoms with Crippen molar-refractivity contribution in [2.45, 2.75) is 12.8 Å². The van der Waals surface area contributed by atoms with Crippen LogP contribution in [0.25, 0.3) is 10.9 Å². The van der Waals surface area contributed by atoms with Gasteiger partial charge in [-0.25, -0.2) is 4.79 Å². The summed E-state index contributed by atoms with van der Waals surface area (Å²) in [5, 5.41) is 13.2. The fraction of sp³-hybridized carbons (Fsp3) is 0.292. The predicted molar refractivity (Wildman–Crippen MR) is 118 cm³/mol. The molecular weight excluding hydrogens is 374 g/mol. The Balaban J connectivity index is 1.22. The molecule has 1 aliphatic heterocycles. The van der Waals surface area contributed by atoms with Crippen LogP contribution in [0.1, 0.15) is 17.5 Å². The number of para-hydroxylation sites is 2. The molecule has 6 nitrogen and oxygen atoms in total. The van der Waals surface area contributed by atoms with Gasteiger partial charge in [-0.05, 0) is 49.2 Å². The number of urea groups is 1. The number of piperazine rings is 1. The lowest BCUT2D eigenvalue weighted by Gasteiger charge is -2.34. The number of anilines is 1. The van der Waals surface area contributed by atoms with Crippen molar-refractivity contribution in [3.05, 3.63) is 71.9 Å². The van der Waals surface area contributed by atoms with E-state index >= 15 is 0 Å². The summed E-state index contributed by atoms with van der Waals surface area (Å²) in [6, 6.07) is 19.5. The van der Waals surface area contributed by atoms with E-state index in [2.05, 4.69) is 33.4 Å². The van der Waals surface area contributed by atoms with Crippen molar-refractivity contribution in [1.29, 1.82) is 5.26 Å². The summed E-state index contributed by atoms with van der Waals surface area (Å²) >= 11 is 0. The molecule has 2 heterocycles. The van der Waals surface area contributed by atoms with E-state index in [0.717, 1.165) is 38.0 Å². The van der Waals surface area contributed by atoms with Gasteiger partial charge in [-0.1, -0.05) is 30.3 Å². The molecule has 1 aliphatic rings. The van der Waals surface area contributed by atoms with E-state index in [9.17, 15) is 4.79 Å². The zero-order valence-corrected chi connectivity index (χ0v) is 16.9. The number of hydrogen-bond donors (Lipinski definition) is 1. The van der Waals surface area contributed by atoms with Crippen LogP contribution < -0.4 is 5.32 Å². The van der Waals surface area contributed by atoms with E-state index in [-0.39, 0.29) is 6.03 Å². The minimum Gasteiger partial charge on any atom is -0.322 e. The lowest BCUT2D eigenvalue weighted by molar-refractivity contribution is 0.146. The van der Waals surface area contributed by atoms with Crippen LogP contribution in [0, 0.1) is 11.3 Å². The van der Waals surface area contributed by atoms with Crippen molar-refractivity contribution in [3.8, 4) is 6.07 Å². The Hall–Kier alpha value is -3.43. The number of amides is 2. The minimum absolute atomic E-state index is 0.139. The third-order valence-electron chi connectivity index (χ3n) is 5.54. The lowest BCUT2D eigenvalue weighted by atomic mass is 10.1. The minimum atomic E-state index is -0.139. The molecule has 0 radical (unpaired) electrons. The van der Waals surface area contributed by atoms with Gasteiger partial charge in [0.15, 0.2) is 0 Å². The number of nitriles is 1. The van der Waals surface area contributed by atoms with Crippen LogP contribution in [0.5, 0.6) is 0 Å². The van der Waals surface area contributed by atoms with Crippen LogP contribution in [-0.2, 0) is 6.42 Å². The first-order valence-electron chi connectivity index (χ1n) is 10.3. The average molecular weight is 399 g/mol. The second-order valence-electron chi connectivity index (χ2n) is 7.56. The first-order valence-corrected chi connectivity index (χ1v) is 10.3. The van der Waals surface area contributed by atoms with E-state index in [0.29, 0.717) is 24.3 Å². The fourth-order valence-electron chi connectivity index (χ4n) is 3.82. The van der Waals surface area contributed by atoms with E-state index in [1.165, 1.54) is 10.9 Å². The highest BCUT2D eigenvalue weighted by molar-refractivity contribution is 5.90. The van der Waals surface area contributed by atoms with Gasteiger partial charge in [0.1, 0.15) is 6.07 Å². The van der Waals surface area contributed by atoms with Gasteiger partial charge in [0.25, 0.3) is 0 Å². The Morgan fingerprint density at radius 1 is 1.07 bits per heavy atom. The molecule has 1 saturated heterocycles. The SMILES string of the molecule is N#Cc1ccccc1NC(=O)N1CCN(CCCc2cnc3ccccc3c2)CC1. The number of aromatic nitrogens is 1. The van der Waals surface area contributed by atoms with Gasteiger partial charge in [-0.15, -0.1) is 0 Å². The smallest absolute Gasteiger partial charge is 0.321 e. The summed E-state index contributed by atoms with van der Waals surface area (Å²) in [5.41, 5.74) is 3.35. The number of carbonyl (C=O) groups excluding carboxylic acids is 1. The van der Waals surface area contributed by atoms with Gasteiger partial charge in [-0.3, -0.25) is 9.88 Å². The van der Waals surface area contributed by atoms with Crippen molar-refractivity contribution in [3.63, 3.8) is 0 Å². The molecule has 0 atom stereocenters. The van der Waals surface area contributed by atoms with Crippen molar-refractivity contribution in [2.75, 3.05) is 38.0 Å². The molecule has 2 aromatic carbocycles. The Morgan fingerprint density at radius 2 is 1.83 bits per heavy atom. The highest BCUT2D eigenvalue weighted by atomic mass is 16.2. The first kappa shape index (κ1) is 19.9. The number of carbonyl (C=O) groups is 1. The quantitative estimate of drug-likeness (QED) is 0.707. The molecule has 152 valence electrons. The van der Waals surface area contributed by atoms with Crippen molar-refractivity contribution >= 4 is 22.6 Å². The molecule has 0 unspecified atom stereocenters. The second-order valence-corrected chi connectivity index (χ2v) is 7.56. The van der Waals surface area contributed by atoms with Gasteiger partial charge in [0.2, 0.25) is 0 Å². The molecule has 2 amide bonds. The molecule has 0 saturated carbocycles. The number of rotatable bonds is 5. The summed E-state index contributed by atoms with van der Waals surface area (Å²) in [7, 11) is 0. The Kier molecular flexibility index (Phi) is 6.21. The van der Waals surface area contributed by atoms with Crippen LogP contribution >= 0.6 is 0 Å². The molecule has 6 heteroatoms. The van der Waals surface area contributed by atoms with Gasteiger partial charge in [-0.2, -0.15) is 5.26 Å². The normalized spacial score (nSPS) is 14.4. The molecule has 3 aromatic rings. The zero-order valence-electron chi connectivity index (χ0n) is 16.9. The summed E-state index contributed by atoms with van der Waals surface area (Å²) in [6.45, 7) is 4.13. The number of nitrogens with one attached hydrogen (secondary N) is 1. The topological polar surface area (TPSA) is 72.3 Å². The molecule has 30 heavy (non-hydrogen) atoms. The van der Waals surface area contributed by atoms with Crippen LogP contribution in [0.3, 0.4) is 0 Å². The highest BCUT2D eigenvalue weighted by Crippen LogP contribution is 2.16. The molecule has 0 aliphatic carbocycles. The second kappa shape index (κ2) is 9.38. The van der Waals surface area contributed by atoms with Gasteiger partial charge in [0.05, 0.1) is 16.8 Å². The van der Waals surface area contributed by atoms with Crippen LogP contribution in [0.4, 0.5) is 10.5 Å². The number of hydrogen-bond acceptors (Lipinski definition) is 4. The van der Waals surface area contributed by atoms with Crippen molar-refractivity contribution in [1.82, 2.24) is 14.8 Å². The summed E-state index contributed by atoms with van der Waals surface area (Å²) in [4.78, 5) is 21.3. The van der Waals surface area contributed by atoms with E-state index < -0.39 is 0 Å². The molecule has 0 spiro atoms. The molecule has 4 rings (SSSR count). The maximum atomic E-state index is 12.5. The van der Waals surface area contributed by atoms with Crippen molar-refractivity contribution in [2.24, 2.45) is 0 Å². The van der Waals surface area contributed by atoms with Crippen molar-refractivity contribution < 1.29 is 4.79 Å². The van der Waals surface area contributed by atoms with Gasteiger partial charge < -0.3 is 10.2 Å². The monoisotopic (exact) mass is 399 g/mol. The van der Waals surface area contributed by atoms with E-state index in [4.69, 9.17) is 5.26 Å². The fourth-order valence-corrected chi connectivity index (χ4v) is 3.82. The van der Waals surface area contributed by atoms with Gasteiger partial charge >= 0.3 is 6.03 Å². The summed E-state index contributed by atoms with van der Waals surface area (Å²) < 4.78 is 0. The van der Waals surface area contributed by atoms with Crippen LogP contribution in [-0.4, -0.2) is 53.5 Å². The molecule has 1 fully saturated rings. The maximum Gasteiger partial charge on any atom is 0.321 e. The molecule has 1 aromatic heterocycles. The number of fused-ring (bicyclic) bond motifs is 1. The number of nitrogens with zero attached hydrogens (tertiary/aromatic N) is 4. The molecular formula is C24H25N5O. The molecule has 0 bridgehead atoms. The lowest BCUT2D eigenvalue weighted by Crippen LogP contribution is -2.50. The Morgan fingerprint density at radius 3 is 2.67 bits per heavy atom. The number of benzene rings is 2. The third-order valence-corrected chi connectivity index (χ3v) is 5.54. The zero-order chi connectivity index (χ0) is 20.8. The van der Waals surface area contributed by atoms with Crippen LogP contribution in [0.15, 0.2) is 60.8 Å². The van der Waals surface area contributed by atoms with E-state index in [1.807, 2.05) is 35.4 Å². The maximum absolute atomic E-state index is 12.5. The Bertz CT molecular complexity index is 1070. The van der Waals surface area contributed by atoms with E-state index in [1.54, 1.807) is 18.2 Å².